The van der Waals surface area contributed by atoms with Gasteiger partial charge in [0.15, 0.2) is 0 Å². The van der Waals surface area contributed by atoms with Crippen LogP contribution in [0.2, 0.25) is 0 Å². The third-order valence-corrected chi connectivity index (χ3v) is 4.85. The molecule has 128 valence electrons. The Morgan fingerprint density at radius 1 is 1.18 bits per heavy atom. The number of amides is 1. The first-order chi connectivity index (χ1) is 10.2. The van der Waals surface area contributed by atoms with Crippen LogP contribution in [0.25, 0.3) is 0 Å². The van der Waals surface area contributed by atoms with Gasteiger partial charge in [0.05, 0.1) is 0 Å². The lowest BCUT2D eigenvalue weighted by molar-refractivity contribution is -0.128. The molecular formula is C17H34N4O. The molecule has 1 atom stereocenters. The van der Waals surface area contributed by atoms with Crippen molar-refractivity contribution >= 4 is 5.91 Å². The van der Waals surface area contributed by atoms with Gasteiger partial charge in [0.25, 0.3) is 0 Å². The summed E-state index contributed by atoms with van der Waals surface area (Å²) in [6.45, 7) is 15.2. The van der Waals surface area contributed by atoms with Gasteiger partial charge < -0.3 is 9.80 Å². The highest BCUT2D eigenvalue weighted by molar-refractivity contribution is 5.79. The standard InChI is InChI=1S/C17H34N4O/c1-17(2,3)14-21-13-15(12-16(21)22)19(5)8-11-20-9-6-18(4)7-10-20/h15H,6-14H2,1-5H3. The fourth-order valence-electron chi connectivity index (χ4n) is 3.33. The van der Waals surface area contributed by atoms with Crippen molar-refractivity contribution in [3.05, 3.63) is 0 Å². The molecular weight excluding hydrogens is 276 g/mol. The monoisotopic (exact) mass is 310 g/mol. The molecule has 5 nitrogen and oxygen atoms in total. The average molecular weight is 310 g/mol. The van der Waals surface area contributed by atoms with Crippen molar-refractivity contribution in [1.82, 2.24) is 19.6 Å². The van der Waals surface area contributed by atoms with Crippen LogP contribution in [0, 0.1) is 5.41 Å². The number of hydrogen-bond acceptors (Lipinski definition) is 4. The maximum Gasteiger partial charge on any atom is 0.224 e. The van der Waals surface area contributed by atoms with E-state index in [1.165, 1.54) is 26.2 Å². The van der Waals surface area contributed by atoms with Crippen molar-refractivity contribution < 1.29 is 4.79 Å². The fraction of sp³-hybridized carbons (Fsp3) is 0.941. The lowest BCUT2D eigenvalue weighted by Crippen LogP contribution is -2.47. The van der Waals surface area contributed by atoms with Gasteiger partial charge in [-0.1, -0.05) is 20.8 Å². The van der Waals surface area contributed by atoms with E-state index in [0.717, 1.165) is 26.2 Å². The van der Waals surface area contributed by atoms with Gasteiger partial charge in [0, 0.05) is 64.8 Å². The minimum absolute atomic E-state index is 0.183. The molecule has 1 amide bonds. The summed E-state index contributed by atoms with van der Waals surface area (Å²) in [4.78, 5) is 21.6. The van der Waals surface area contributed by atoms with E-state index >= 15 is 0 Å². The Hall–Kier alpha value is -0.650. The second-order valence-corrected chi connectivity index (χ2v) is 8.32. The van der Waals surface area contributed by atoms with Gasteiger partial charge in [-0.25, -0.2) is 0 Å². The Labute approximate surface area is 136 Å². The largest absolute Gasteiger partial charge is 0.341 e. The number of hydrogen-bond donors (Lipinski definition) is 0. The first-order valence-electron chi connectivity index (χ1n) is 8.63. The summed E-state index contributed by atoms with van der Waals surface area (Å²) in [7, 11) is 4.37. The smallest absolute Gasteiger partial charge is 0.224 e. The van der Waals surface area contributed by atoms with Gasteiger partial charge >= 0.3 is 0 Å². The molecule has 0 aliphatic carbocycles. The first kappa shape index (κ1) is 17.7. The number of carbonyl (C=O) groups excluding carboxylic acids is 1. The zero-order chi connectivity index (χ0) is 16.3. The predicted octanol–water partition coefficient (Wildman–Crippen LogP) is 0.813. The van der Waals surface area contributed by atoms with Crippen molar-refractivity contribution in [3.63, 3.8) is 0 Å². The summed E-state index contributed by atoms with van der Waals surface area (Å²) >= 11 is 0. The molecule has 2 aliphatic rings. The Kier molecular flexibility index (Phi) is 5.86. The van der Waals surface area contributed by atoms with Crippen LogP contribution in [-0.4, -0.2) is 98.0 Å². The maximum absolute atomic E-state index is 12.2. The van der Waals surface area contributed by atoms with Crippen LogP contribution in [-0.2, 0) is 4.79 Å². The summed E-state index contributed by atoms with van der Waals surface area (Å²) in [5, 5.41) is 0. The van der Waals surface area contributed by atoms with Crippen LogP contribution >= 0.6 is 0 Å². The van der Waals surface area contributed by atoms with E-state index in [-0.39, 0.29) is 5.41 Å². The number of likely N-dealkylation sites (tertiary alicyclic amines) is 1. The van der Waals surface area contributed by atoms with Crippen LogP contribution in [0.5, 0.6) is 0 Å². The van der Waals surface area contributed by atoms with Crippen molar-refractivity contribution in [2.75, 3.05) is 66.5 Å². The summed E-state index contributed by atoms with van der Waals surface area (Å²) in [5.74, 6) is 0.325. The molecule has 2 rings (SSSR count). The van der Waals surface area contributed by atoms with Crippen LogP contribution in [0.15, 0.2) is 0 Å². The van der Waals surface area contributed by atoms with Crippen LogP contribution in [0.1, 0.15) is 27.2 Å². The molecule has 0 radical (unpaired) electrons. The van der Waals surface area contributed by atoms with Crippen molar-refractivity contribution in [2.24, 2.45) is 5.41 Å². The van der Waals surface area contributed by atoms with Crippen LogP contribution in [0.4, 0.5) is 0 Å². The Balaban J connectivity index is 1.74. The molecule has 1 unspecified atom stereocenters. The summed E-state index contributed by atoms with van der Waals surface area (Å²) in [6.07, 6.45) is 0.690. The van der Waals surface area contributed by atoms with Gasteiger partial charge in [-0.2, -0.15) is 0 Å². The predicted molar refractivity (Wildman–Crippen MR) is 91.0 cm³/mol. The zero-order valence-corrected chi connectivity index (χ0v) is 15.1. The minimum atomic E-state index is 0.183. The highest BCUT2D eigenvalue weighted by Gasteiger charge is 2.33. The molecule has 0 aromatic rings. The molecule has 0 bridgehead atoms. The summed E-state index contributed by atoms with van der Waals surface area (Å²) < 4.78 is 0. The van der Waals surface area contributed by atoms with Gasteiger partial charge in [0.2, 0.25) is 5.91 Å². The molecule has 22 heavy (non-hydrogen) atoms. The topological polar surface area (TPSA) is 30.0 Å². The van der Waals surface area contributed by atoms with Gasteiger partial charge in [-0.3, -0.25) is 14.6 Å². The van der Waals surface area contributed by atoms with E-state index in [2.05, 4.69) is 54.5 Å². The van der Waals surface area contributed by atoms with E-state index < -0.39 is 0 Å². The van der Waals surface area contributed by atoms with Crippen LogP contribution < -0.4 is 0 Å². The van der Waals surface area contributed by atoms with Crippen molar-refractivity contribution in [2.45, 2.75) is 33.2 Å². The summed E-state index contributed by atoms with van der Waals surface area (Å²) in [6, 6.07) is 0.391. The molecule has 2 fully saturated rings. The molecule has 0 aromatic heterocycles. The third kappa shape index (κ3) is 5.21. The number of carbonyl (C=O) groups is 1. The Morgan fingerprint density at radius 2 is 1.82 bits per heavy atom. The third-order valence-electron chi connectivity index (χ3n) is 4.85. The van der Waals surface area contributed by atoms with E-state index in [1.807, 2.05) is 0 Å². The Bertz CT molecular complexity index is 371. The van der Waals surface area contributed by atoms with Gasteiger partial charge in [0.1, 0.15) is 0 Å². The highest BCUT2D eigenvalue weighted by Crippen LogP contribution is 2.22. The second-order valence-electron chi connectivity index (χ2n) is 8.32. The SMILES string of the molecule is CN1CCN(CCN(C)C2CC(=O)N(CC(C)(C)C)C2)CC1. The fourth-order valence-corrected chi connectivity index (χ4v) is 3.33. The van der Waals surface area contributed by atoms with Crippen LogP contribution in [0.3, 0.4) is 0 Å². The van der Waals surface area contributed by atoms with E-state index in [4.69, 9.17) is 0 Å². The Morgan fingerprint density at radius 3 is 2.41 bits per heavy atom. The number of rotatable bonds is 5. The first-order valence-corrected chi connectivity index (χ1v) is 8.63. The zero-order valence-electron chi connectivity index (χ0n) is 15.1. The molecule has 0 spiro atoms. The lowest BCUT2D eigenvalue weighted by Gasteiger charge is -2.34. The van der Waals surface area contributed by atoms with Crippen molar-refractivity contribution in [3.8, 4) is 0 Å². The van der Waals surface area contributed by atoms with E-state index in [9.17, 15) is 4.79 Å². The molecule has 0 aromatic carbocycles. The quantitative estimate of drug-likeness (QED) is 0.752. The average Bonchev–Trinajstić information content (AvgIpc) is 2.77. The van der Waals surface area contributed by atoms with Gasteiger partial charge in [-0.15, -0.1) is 0 Å². The molecule has 2 aliphatic heterocycles. The normalized spacial score (nSPS) is 25.5. The van der Waals surface area contributed by atoms with E-state index in [0.29, 0.717) is 18.4 Å². The molecule has 2 saturated heterocycles. The second kappa shape index (κ2) is 7.28. The highest BCUT2D eigenvalue weighted by atomic mass is 16.2. The summed E-state index contributed by atoms with van der Waals surface area (Å²) in [5.41, 5.74) is 0.183. The van der Waals surface area contributed by atoms with E-state index in [1.54, 1.807) is 0 Å². The number of nitrogens with zero attached hydrogens (tertiary/aromatic N) is 4. The maximum atomic E-state index is 12.2. The lowest BCUT2D eigenvalue weighted by atomic mass is 9.96. The molecule has 2 heterocycles. The number of piperazine rings is 1. The molecule has 5 heteroatoms. The van der Waals surface area contributed by atoms with Gasteiger partial charge in [-0.05, 0) is 19.5 Å². The molecule has 0 saturated carbocycles. The number of likely N-dealkylation sites (N-methyl/N-ethyl adjacent to an activating group) is 2. The van der Waals surface area contributed by atoms with Crippen molar-refractivity contribution in [1.29, 1.82) is 0 Å². The minimum Gasteiger partial charge on any atom is -0.341 e. The molecule has 0 N–H and O–H groups in total.